The number of benzene rings is 2. The number of carbonyl (C=O) groups excluding carboxylic acids is 6. The number of nitrogens with one attached hydrogen (secondary N) is 3. The molecule has 2 saturated heterocycles. The van der Waals surface area contributed by atoms with E-state index in [9.17, 15) is 28.8 Å². The molecule has 2 fully saturated rings. The average molecular weight is 878 g/mol. The lowest BCUT2D eigenvalue weighted by atomic mass is 9.84. The Bertz CT molecular complexity index is 1720. The van der Waals surface area contributed by atoms with Crippen LogP contribution in [0.5, 0.6) is 5.75 Å². The van der Waals surface area contributed by atoms with Crippen molar-refractivity contribution >= 4 is 35.9 Å². The fourth-order valence-electron chi connectivity index (χ4n) is 7.72. The maximum atomic E-state index is 13.9. The minimum atomic E-state index is -1.23. The van der Waals surface area contributed by atoms with E-state index in [0.29, 0.717) is 63.0 Å². The summed E-state index contributed by atoms with van der Waals surface area (Å²) in [7, 11) is 1.59. The third kappa shape index (κ3) is 18.9. The number of piperidine rings is 2. The summed E-state index contributed by atoms with van der Waals surface area (Å²) in [5.74, 6) is -1.10. The molecule has 0 bridgehead atoms. The Morgan fingerprint density at radius 3 is 1.70 bits per heavy atom. The van der Waals surface area contributed by atoms with E-state index >= 15 is 0 Å². The minimum Gasteiger partial charge on any atom is -0.497 e. The number of likely N-dealkylation sites (tertiary alicyclic amines) is 2. The Morgan fingerprint density at radius 2 is 1.21 bits per heavy atom. The van der Waals surface area contributed by atoms with Crippen molar-refractivity contribution < 1.29 is 47.7 Å². The van der Waals surface area contributed by atoms with Gasteiger partial charge in [0.1, 0.15) is 29.6 Å². The molecule has 348 valence electrons. The number of methoxy groups -OCH3 is 1. The monoisotopic (exact) mass is 878 g/mol. The van der Waals surface area contributed by atoms with E-state index in [4.69, 9.17) is 18.9 Å². The van der Waals surface area contributed by atoms with Crippen molar-refractivity contribution in [1.82, 2.24) is 25.8 Å². The van der Waals surface area contributed by atoms with Gasteiger partial charge in [-0.05, 0) is 134 Å². The van der Waals surface area contributed by atoms with Crippen LogP contribution in [0.1, 0.15) is 110 Å². The molecule has 0 aliphatic carbocycles. The lowest BCUT2D eigenvalue weighted by Gasteiger charge is -2.34. The molecule has 2 aliphatic rings. The molecule has 5 amide bonds. The molecular formula is C48H71N5O10. The van der Waals surface area contributed by atoms with E-state index in [1.165, 1.54) is 0 Å². The molecular weight excluding hydrogens is 807 g/mol. The van der Waals surface area contributed by atoms with Crippen molar-refractivity contribution in [2.24, 2.45) is 17.8 Å². The number of carbonyl (C=O) groups is 6. The normalized spacial score (nSPS) is 15.6. The first-order valence-corrected chi connectivity index (χ1v) is 22.5. The van der Waals surface area contributed by atoms with Gasteiger partial charge in [-0.1, -0.05) is 42.5 Å². The fraction of sp³-hybridized carbons (Fsp3) is 0.625. The van der Waals surface area contributed by atoms with Gasteiger partial charge in [-0.25, -0.2) is 9.59 Å². The summed E-state index contributed by atoms with van der Waals surface area (Å²) in [5.41, 5.74) is 0.606. The van der Waals surface area contributed by atoms with Crippen LogP contribution in [0.25, 0.3) is 0 Å². The molecule has 1 atom stereocenters. The van der Waals surface area contributed by atoms with Gasteiger partial charge in [0.25, 0.3) is 0 Å². The summed E-state index contributed by atoms with van der Waals surface area (Å²) in [6.45, 7) is 13.3. The maximum absolute atomic E-state index is 13.9. The van der Waals surface area contributed by atoms with Crippen LogP contribution in [0.3, 0.4) is 0 Å². The zero-order chi connectivity index (χ0) is 46.0. The Morgan fingerprint density at radius 1 is 0.683 bits per heavy atom. The van der Waals surface area contributed by atoms with Crippen molar-refractivity contribution in [2.45, 2.75) is 130 Å². The van der Waals surface area contributed by atoms with Crippen LogP contribution in [-0.2, 0) is 46.4 Å². The fourth-order valence-corrected chi connectivity index (χ4v) is 7.72. The SMILES string of the molecule is COc1ccc(CCNC(=O)[C@H](CC(=O)OCc2ccccc2)NC(=O)CNC(=O)C(CCC2CCN(C(=O)OC(C)(C)C)CC2)CCC2CCN(C(=O)OC(C)(C)C)CC2)cc1. The van der Waals surface area contributed by atoms with Crippen molar-refractivity contribution in [3.8, 4) is 5.75 Å². The van der Waals surface area contributed by atoms with Gasteiger partial charge >= 0.3 is 18.2 Å². The predicted octanol–water partition coefficient (Wildman–Crippen LogP) is 6.56. The summed E-state index contributed by atoms with van der Waals surface area (Å²) < 4.78 is 21.8. The highest BCUT2D eigenvalue weighted by atomic mass is 16.6. The molecule has 0 radical (unpaired) electrons. The third-order valence-electron chi connectivity index (χ3n) is 11.3. The smallest absolute Gasteiger partial charge is 0.410 e. The highest BCUT2D eigenvalue weighted by Gasteiger charge is 2.31. The molecule has 2 heterocycles. The van der Waals surface area contributed by atoms with Crippen LogP contribution >= 0.6 is 0 Å². The number of hydrogen-bond acceptors (Lipinski definition) is 10. The zero-order valence-corrected chi connectivity index (χ0v) is 38.5. The molecule has 2 aromatic rings. The van der Waals surface area contributed by atoms with Gasteiger partial charge in [0.15, 0.2) is 0 Å². The summed E-state index contributed by atoms with van der Waals surface area (Å²) >= 11 is 0. The van der Waals surface area contributed by atoms with Crippen molar-refractivity contribution in [3.63, 3.8) is 0 Å². The van der Waals surface area contributed by atoms with Crippen LogP contribution in [0, 0.1) is 17.8 Å². The largest absolute Gasteiger partial charge is 0.497 e. The Kier molecular flexibility index (Phi) is 19.6. The maximum Gasteiger partial charge on any atom is 0.410 e. The van der Waals surface area contributed by atoms with Crippen LogP contribution in [0.15, 0.2) is 54.6 Å². The number of rotatable bonds is 19. The van der Waals surface area contributed by atoms with Gasteiger partial charge in [-0.15, -0.1) is 0 Å². The standard InChI is InChI=1S/C48H71N5O10/c1-47(2,3)62-45(58)52-27-22-35(23-28-52)13-17-38(18-14-36-24-29-53(30-25-36)46(59)63-48(4,5)6)43(56)50-32-41(54)51-40(31-42(55)61-33-37-11-9-8-10-12-37)44(57)49-26-21-34-15-19-39(60-7)20-16-34/h8-12,15-16,19-20,35-36,38,40H,13-14,17-18,21-33H2,1-7H3,(H,49,57)(H,50,56)(H,51,54)/t40-/m0/s1. The van der Waals surface area contributed by atoms with Crippen LogP contribution < -0.4 is 20.7 Å². The van der Waals surface area contributed by atoms with Gasteiger partial charge in [-0.3, -0.25) is 19.2 Å². The van der Waals surface area contributed by atoms with Crippen molar-refractivity contribution in [1.29, 1.82) is 0 Å². The molecule has 2 aromatic carbocycles. The van der Waals surface area contributed by atoms with Gasteiger partial charge in [-0.2, -0.15) is 0 Å². The number of esters is 1. The molecule has 0 spiro atoms. The number of amides is 5. The lowest BCUT2D eigenvalue weighted by Crippen LogP contribution is -2.51. The lowest BCUT2D eigenvalue weighted by molar-refractivity contribution is -0.147. The third-order valence-corrected chi connectivity index (χ3v) is 11.3. The van der Waals surface area contributed by atoms with Gasteiger partial charge in [0, 0.05) is 38.6 Å². The van der Waals surface area contributed by atoms with Crippen molar-refractivity contribution in [3.05, 3.63) is 65.7 Å². The predicted molar refractivity (Wildman–Crippen MR) is 239 cm³/mol. The number of nitrogens with zero attached hydrogens (tertiary/aromatic N) is 2. The van der Waals surface area contributed by atoms with Gasteiger partial charge in [0.2, 0.25) is 17.7 Å². The second-order valence-corrected chi connectivity index (χ2v) is 18.8. The van der Waals surface area contributed by atoms with Crippen LogP contribution in [0.2, 0.25) is 0 Å². The summed E-state index contributed by atoms with van der Waals surface area (Å²) in [4.78, 5) is 82.5. The summed E-state index contributed by atoms with van der Waals surface area (Å²) in [6, 6.07) is 15.4. The van der Waals surface area contributed by atoms with E-state index < -0.39 is 41.4 Å². The molecule has 3 N–H and O–H groups in total. The Labute approximate surface area is 373 Å². The van der Waals surface area contributed by atoms with Crippen LogP contribution in [-0.4, -0.2) is 109 Å². The first-order chi connectivity index (χ1) is 29.9. The second kappa shape index (κ2) is 24.5. The quantitative estimate of drug-likeness (QED) is 0.103. The van der Waals surface area contributed by atoms with Crippen molar-refractivity contribution in [2.75, 3.05) is 46.4 Å². The first-order valence-electron chi connectivity index (χ1n) is 22.5. The summed E-state index contributed by atoms with van der Waals surface area (Å²) in [5, 5.41) is 8.30. The minimum absolute atomic E-state index is 0.0165. The Balaban J connectivity index is 1.35. The van der Waals surface area contributed by atoms with E-state index in [1.54, 1.807) is 16.9 Å². The molecule has 63 heavy (non-hydrogen) atoms. The average Bonchev–Trinajstić information content (AvgIpc) is 3.24. The highest BCUT2D eigenvalue weighted by molar-refractivity contribution is 5.92. The topological polar surface area (TPSA) is 182 Å². The molecule has 15 heteroatoms. The van der Waals surface area contributed by atoms with E-state index in [-0.39, 0.29) is 43.7 Å². The van der Waals surface area contributed by atoms with Gasteiger partial charge in [0.05, 0.1) is 20.1 Å². The molecule has 2 aliphatic heterocycles. The summed E-state index contributed by atoms with van der Waals surface area (Å²) in [6.07, 6.45) is 5.47. The highest BCUT2D eigenvalue weighted by Crippen LogP contribution is 2.30. The number of hydrogen-bond donors (Lipinski definition) is 3. The molecule has 15 nitrogen and oxygen atoms in total. The first kappa shape index (κ1) is 50.3. The molecule has 0 unspecified atom stereocenters. The second-order valence-electron chi connectivity index (χ2n) is 18.8. The number of ether oxygens (including phenoxy) is 4. The molecule has 0 saturated carbocycles. The van der Waals surface area contributed by atoms with Gasteiger partial charge < -0.3 is 44.7 Å². The van der Waals surface area contributed by atoms with E-state index in [2.05, 4.69) is 16.0 Å². The molecule has 4 rings (SSSR count). The van der Waals surface area contributed by atoms with Crippen LogP contribution in [0.4, 0.5) is 9.59 Å². The molecule has 0 aromatic heterocycles. The van der Waals surface area contributed by atoms with E-state index in [0.717, 1.165) is 49.7 Å². The zero-order valence-electron chi connectivity index (χ0n) is 38.5. The Hall–Kier alpha value is -5.34. The van der Waals surface area contributed by atoms with E-state index in [1.807, 2.05) is 96.1 Å².